The quantitative estimate of drug-likeness (QED) is 0.870. The molecule has 0 amide bonds. The number of hydrogen-bond donors (Lipinski definition) is 2. The first-order chi connectivity index (χ1) is 8.16. The van der Waals surface area contributed by atoms with Crippen LogP contribution in [0, 0.1) is 0 Å². The van der Waals surface area contributed by atoms with Gasteiger partial charge in [0, 0.05) is 16.0 Å². The molecule has 0 saturated carbocycles. The smallest absolute Gasteiger partial charge is 0.356 e. The largest absolute Gasteiger partial charge is 0.476 e. The number of rotatable bonds is 3. The Hall–Kier alpha value is -2.01. The van der Waals surface area contributed by atoms with Crippen LogP contribution in [-0.2, 0) is 0 Å². The SMILES string of the molecule is Nc1cc(Sc2ccccc2)cnc1C(=O)O. The van der Waals surface area contributed by atoms with Gasteiger partial charge >= 0.3 is 5.97 Å². The monoisotopic (exact) mass is 246 g/mol. The van der Waals surface area contributed by atoms with Gasteiger partial charge in [-0.3, -0.25) is 0 Å². The van der Waals surface area contributed by atoms with Crippen molar-refractivity contribution in [3.05, 3.63) is 48.3 Å². The third-order valence-electron chi connectivity index (χ3n) is 2.07. The highest BCUT2D eigenvalue weighted by atomic mass is 32.2. The van der Waals surface area contributed by atoms with Crippen molar-refractivity contribution in [1.29, 1.82) is 0 Å². The molecule has 0 unspecified atom stereocenters. The van der Waals surface area contributed by atoms with Gasteiger partial charge in [-0.15, -0.1) is 0 Å². The second-order valence-corrected chi connectivity index (χ2v) is 4.48. The van der Waals surface area contributed by atoms with Gasteiger partial charge in [-0.2, -0.15) is 0 Å². The molecule has 5 heteroatoms. The lowest BCUT2D eigenvalue weighted by Crippen LogP contribution is -2.05. The summed E-state index contributed by atoms with van der Waals surface area (Å²) in [6.45, 7) is 0. The molecule has 86 valence electrons. The van der Waals surface area contributed by atoms with Crippen molar-refractivity contribution in [3.63, 3.8) is 0 Å². The van der Waals surface area contributed by atoms with Gasteiger partial charge in [-0.05, 0) is 18.2 Å². The van der Waals surface area contributed by atoms with E-state index in [9.17, 15) is 4.79 Å². The number of pyridine rings is 1. The number of anilines is 1. The minimum Gasteiger partial charge on any atom is -0.476 e. The lowest BCUT2D eigenvalue weighted by Gasteiger charge is -2.04. The Morgan fingerprint density at radius 2 is 1.94 bits per heavy atom. The molecule has 0 saturated heterocycles. The number of carbonyl (C=O) groups is 1. The first-order valence-corrected chi connectivity index (χ1v) is 5.70. The van der Waals surface area contributed by atoms with E-state index >= 15 is 0 Å². The second kappa shape index (κ2) is 4.88. The lowest BCUT2D eigenvalue weighted by atomic mass is 10.3. The Morgan fingerprint density at radius 3 is 2.53 bits per heavy atom. The maximum Gasteiger partial charge on any atom is 0.356 e. The van der Waals surface area contributed by atoms with Crippen molar-refractivity contribution in [1.82, 2.24) is 4.98 Å². The third kappa shape index (κ3) is 2.76. The van der Waals surface area contributed by atoms with Crippen molar-refractivity contribution in [2.75, 3.05) is 5.73 Å². The summed E-state index contributed by atoms with van der Waals surface area (Å²) in [5.74, 6) is -1.11. The zero-order valence-electron chi connectivity index (χ0n) is 8.83. The first-order valence-electron chi connectivity index (χ1n) is 4.88. The summed E-state index contributed by atoms with van der Waals surface area (Å²) in [5.41, 5.74) is 5.69. The molecule has 0 aliphatic heterocycles. The molecule has 2 aromatic rings. The minimum atomic E-state index is -1.11. The molecule has 0 atom stereocenters. The van der Waals surface area contributed by atoms with E-state index in [0.29, 0.717) is 0 Å². The van der Waals surface area contributed by atoms with Gasteiger partial charge in [0.05, 0.1) is 5.69 Å². The number of nitrogens with two attached hydrogens (primary N) is 1. The molecule has 2 rings (SSSR count). The number of nitrogen functional groups attached to an aromatic ring is 1. The summed E-state index contributed by atoms with van der Waals surface area (Å²) in [6.07, 6.45) is 1.51. The number of benzene rings is 1. The van der Waals surface area contributed by atoms with E-state index in [1.165, 1.54) is 18.0 Å². The second-order valence-electron chi connectivity index (χ2n) is 3.33. The number of carboxylic acid groups (broad SMARTS) is 1. The van der Waals surface area contributed by atoms with Gasteiger partial charge in [-0.25, -0.2) is 9.78 Å². The van der Waals surface area contributed by atoms with Crippen molar-refractivity contribution in [2.24, 2.45) is 0 Å². The van der Waals surface area contributed by atoms with E-state index in [4.69, 9.17) is 10.8 Å². The molecular formula is C12H10N2O2S. The molecule has 1 aromatic heterocycles. The Morgan fingerprint density at radius 1 is 1.24 bits per heavy atom. The normalized spacial score (nSPS) is 10.1. The topological polar surface area (TPSA) is 76.2 Å². The summed E-state index contributed by atoms with van der Waals surface area (Å²) in [6, 6.07) is 11.4. The van der Waals surface area contributed by atoms with Crippen LogP contribution in [0.3, 0.4) is 0 Å². The molecule has 0 radical (unpaired) electrons. The van der Waals surface area contributed by atoms with Crippen LogP contribution in [0.15, 0.2) is 52.4 Å². The Bertz CT molecular complexity index is 543. The molecule has 3 N–H and O–H groups in total. The fourth-order valence-electron chi connectivity index (χ4n) is 1.32. The van der Waals surface area contributed by atoms with Crippen LogP contribution in [0.4, 0.5) is 5.69 Å². The predicted octanol–water partition coefficient (Wildman–Crippen LogP) is 2.51. The van der Waals surface area contributed by atoms with Crippen molar-refractivity contribution in [3.8, 4) is 0 Å². The molecule has 0 aliphatic carbocycles. The molecule has 0 spiro atoms. The summed E-state index contributed by atoms with van der Waals surface area (Å²) >= 11 is 1.49. The van der Waals surface area contributed by atoms with Gasteiger partial charge in [-0.1, -0.05) is 30.0 Å². The average Bonchev–Trinajstić information content (AvgIpc) is 2.30. The number of hydrogen-bond acceptors (Lipinski definition) is 4. The first kappa shape index (κ1) is 11.5. The van der Waals surface area contributed by atoms with Crippen LogP contribution in [0.2, 0.25) is 0 Å². The summed E-state index contributed by atoms with van der Waals surface area (Å²) in [5, 5.41) is 8.80. The van der Waals surface area contributed by atoms with Crippen LogP contribution in [0.5, 0.6) is 0 Å². The predicted molar refractivity (Wildman–Crippen MR) is 66.2 cm³/mol. The molecule has 0 aliphatic rings. The highest BCUT2D eigenvalue weighted by Gasteiger charge is 2.10. The van der Waals surface area contributed by atoms with Crippen LogP contribution >= 0.6 is 11.8 Å². The Labute approximate surface area is 102 Å². The van der Waals surface area contributed by atoms with Crippen LogP contribution in [-0.4, -0.2) is 16.1 Å². The molecule has 4 nitrogen and oxygen atoms in total. The summed E-state index contributed by atoms with van der Waals surface area (Å²) in [7, 11) is 0. The zero-order valence-corrected chi connectivity index (χ0v) is 9.65. The number of aromatic nitrogens is 1. The van der Waals surface area contributed by atoms with Gasteiger partial charge in [0.1, 0.15) is 0 Å². The number of nitrogens with zero attached hydrogens (tertiary/aromatic N) is 1. The maximum atomic E-state index is 10.7. The highest BCUT2D eigenvalue weighted by molar-refractivity contribution is 7.99. The Balaban J connectivity index is 2.24. The maximum absolute atomic E-state index is 10.7. The van der Waals surface area contributed by atoms with Crippen LogP contribution in [0.1, 0.15) is 10.5 Å². The molecule has 0 fully saturated rings. The van der Waals surface area contributed by atoms with Crippen LogP contribution in [0.25, 0.3) is 0 Å². The number of carboxylic acids is 1. The van der Waals surface area contributed by atoms with E-state index in [2.05, 4.69) is 4.98 Å². The highest BCUT2D eigenvalue weighted by Crippen LogP contribution is 2.28. The standard InChI is InChI=1S/C12H10N2O2S/c13-10-6-9(7-14-11(10)12(15)16)17-8-4-2-1-3-5-8/h1-7H,13H2,(H,15,16). The van der Waals surface area contributed by atoms with E-state index < -0.39 is 5.97 Å². The molecule has 1 aromatic carbocycles. The van der Waals surface area contributed by atoms with E-state index in [1.54, 1.807) is 6.07 Å². The summed E-state index contributed by atoms with van der Waals surface area (Å²) in [4.78, 5) is 16.4. The third-order valence-corrected chi connectivity index (χ3v) is 3.04. The fraction of sp³-hybridized carbons (Fsp3) is 0. The van der Waals surface area contributed by atoms with E-state index in [0.717, 1.165) is 9.79 Å². The number of aromatic carboxylic acids is 1. The molecular weight excluding hydrogens is 236 g/mol. The van der Waals surface area contributed by atoms with E-state index in [-0.39, 0.29) is 11.4 Å². The van der Waals surface area contributed by atoms with Crippen molar-refractivity contribution >= 4 is 23.4 Å². The fourth-order valence-corrected chi connectivity index (χ4v) is 2.18. The van der Waals surface area contributed by atoms with Crippen molar-refractivity contribution < 1.29 is 9.90 Å². The van der Waals surface area contributed by atoms with Gasteiger partial charge in [0.15, 0.2) is 5.69 Å². The molecule has 17 heavy (non-hydrogen) atoms. The molecule has 1 heterocycles. The van der Waals surface area contributed by atoms with Gasteiger partial charge in [0.25, 0.3) is 0 Å². The summed E-state index contributed by atoms with van der Waals surface area (Å²) < 4.78 is 0. The Kier molecular flexibility index (Phi) is 3.30. The lowest BCUT2D eigenvalue weighted by molar-refractivity contribution is 0.0691. The average molecular weight is 246 g/mol. The van der Waals surface area contributed by atoms with E-state index in [1.807, 2.05) is 30.3 Å². The minimum absolute atomic E-state index is 0.109. The van der Waals surface area contributed by atoms with Gasteiger partial charge < -0.3 is 10.8 Å². The van der Waals surface area contributed by atoms with Crippen LogP contribution < -0.4 is 5.73 Å². The zero-order chi connectivity index (χ0) is 12.3. The molecule has 0 bridgehead atoms. The van der Waals surface area contributed by atoms with Crippen molar-refractivity contribution in [2.45, 2.75) is 9.79 Å². The van der Waals surface area contributed by atoms with Gasteiger partial charge in [0.2, 0.25) is 0 Å².